The van der Waals surface area contributed by atoms with Crippen molar-refractivity contribution in [1.82, 2.24) is 9.80 Å². The molecule has 4 nitrogen and oxygen atoms in total. The minimum atomic E-state index is -0.191. The quantitative estimate of drug-likeness (QED) is 0.813. The summed E-state index contributed by atoms with van der Waals surface area (Å²) in [6.07, 6.45) is 3.14. The van der Waals surface area contributed by atoms with Crippen molar-refractivity contribution in [3.63, 3.8) is 0 Å². The molecule has 2 aromatic carbocycles. The van der Waals surface area contributed by atoms with Crippen LogP contribution >= 0.6 is 0 Å². The Morgan fingerprint density at radius 2 is 1.61 bits per heavy atom. The Bertz CT molecular complexity index is 808. The van der Waals surface area contributed by atoms with Crippen LogP contribution in [0.15, 0.2) is 48.5 Å². The standard InChI is InChI=1S/C23H28FN3O/c24-21-10-8-19(9-11-21)17-25-12-4-13-26(16-15-25)18-23(28)27-14-3-6-20-5-1-2-7-22(20)27/h1-2,5,7-11H,3-4,6,12-18H2. The van der Waals surface area contributed by atoms with Gasteiger partial charge in [0.25, 0.3) is 0 Å². The Labute approximate surface area is 166 Å². The molecular formula is C23H28FN3O. The SMILES string of the molecule is O=C(CN1CCCN(Cc2ccc(F)cc2)CC1)N1CCCc2ccccc21. The fraction of sp³-hybridized carbons (Fsp3) is 0.435. The first-order valence-electron chi connectivity index (χ1n) is 10.3. The number of carbonyl (C=O) groups excluding carboxylic acids is 1. The Kier molecular flexibility index (Phi) is 6.03. The third-order valence-electron chi connectivity index (χ3n) is 5.77. The fourth-order valence-corrected chi connectivity index (χ4v) is 4.26. The Balaban J connectivity index is 1.32. The van der Waals surface area contributed by atoms with Gasteiger partial charge in [-0.15, -0.1) is 0 Å². The topological polar surface area (TPSA) is 26.8 Å². The van der Waals surface area contributed by atoms with E-state index in [2.05, 4.69) is 28.0 Å². The van der Waals surface area contributed by atoms with Crippen LogP contribution in [0.25, 0.3) is 0 Å². The maximum absolute atomic E-state index is 13.1. The first-order valence-corrected chi connectivity index (χ1v) is 10.3. The van der Waals surface area contributed by atoms with Gasteiger partial charge in [0.1, 0.15) is 5.82 Å². The van der Waals surface area contributed by atoms with Gasteiger partial charge in [-0.25, -0.2) is 4.39 Å². The van der Waals surface area contributed by atoms with E-state index in [1.165, 1.54) is 17.7 Å². The second kappa shape index (κ2) is 8.84. The van der Waals surface area contributed by atoms with E-state index >= 15 is 0 Å². The molecule has 0 saturated carbocycles. The average molecular weight is 381 g/mol. The number of fused-ring (bicyclic) bond motifs is 1. The van der Waals surface area contributed by atoms with Crippen molar-refractivity contribution in [3.8, 4) is 0 Å². The van der Waals surface area contributed by atoms with Gasteiger partial charge in [0.05, 0.1) is 6.54 Å². The molecule has 1 saturated heterocycles. The number of carbonyl (C=O) groups is 1. The lowest BCUT2D eigenvalue weighted by Gasteiger charge is -2.31. The van der Waals surface area contributed by atoms with E-state index < -0.39 is 0 Å². The molecule has 28 heavy (non-hydrogen) atoms. The van der Waals surface area contributed by atoms with Gasteiger partial charge >= 0.3 is 0 Å². The molecule has 2 aliphatic rings. The second-order valence-corrected chi connectivity index (χ2v) is 7.81. The molecule has 148 valence electrons. The molecule has 0 unspecified atom stereocenters. The summed E-state index contributed by atoms with van der Waals surface area (Å²) in [5, 5.41) is 0. The summed E-state index contributed by atoms with van der Waals surface area (Å²) in [5.74, 6) is 0.0164. The molecule has 0 atom stereocenters. The summed E-state index contributed by atoms with van der Waals surface area (Å²) in [6, 6.07) is 15.0. The molecule has 0 N–H and O–H groups in total. The van der Waals surface area contributed by atoms with Crippen LogP contribution in [0.4, 0.5) is 10.1 Å². The largest absolute Gasteiger partial charge is 0.311 e. The Hall–Kier alpha value is -2.24. The minimum Gasteiger partial charge on any atom is -0.311 e. The van der Waals surface area contributed by atoms with Crippen molar-refractivity contribution in [2.75, 3.05) is 44.2 Å². The molecule has 0 aromatic heterocycles. The third-order valence-corrected chi connectivity index (χ3v) is 5.77. The molecular weight excluding hydrogens is 353 g/mol. The highest BCUT2D eigenvalue weighted by Gasteiger charge is 2.24. The lowest BCUT2D eigenvalue weighted by atomic mass is 10.0. The number of halogens is 1. The summed E-state index contributed by atoms with van der Waals surface area (Å²) in [7, 11) is 0. The Morgan fingerprint density at radius 3 is 2.46 bits per heavy atom. The van der Waals surface area contributed by atoms with Gasteiger partial charge in [-0.05, 0) is 61.7 Å². The third kappa shape index (κ3) is 4.59. The molecule has 5 heteroatoms. The van der Waals surface area contributed by atoms with Crippen LogP contribution in [0.2, 0.25) is 0 Å². The number of anilines is 1. The summed E-state index contributed by atoms with van der Waals surface area (Å²) in [5.41, 5.74) is 3.51. The van der Waals surface area contributed by atoms with E-state index in [0.29, 0.717) is 6.54 Å². The van der Waals surface area contributed by atoms with Crippen molar-refractivity contribution >= 4 is 11.6 Å². The van der Waals surface area contributed by atoms with Crippen LogP contribution in [-0.2, 0) is 17.8 Å². The molecule has 1 amide bonds. The van der Waals surface area contributed by atoms with Crippen molar-refractivity contribution in [2.45, 2.75) is 25.8 Å². The summed E-state index contributed by atoms with van der Waals surface area (Å²) in [4.78, 5) is 19.6. The van der Waals surface area contributed by atoms with Crippen molar-refractivity contribution < 1.29 is 9.18 Å². The lowest BCUT2D eigenvalue weighted by Crippen LogP contribution is -2.43. The van der Waals surface area contributed by atoms with E-state index in [1.54, 1.807) is 0 Å². The van der Waals surface area contributed by atoms with Gasteiger partial charge in [-0.2, -0.15) is 0 Å². The zero-order valence-electron chi connectivity index (χ0n) is 16.3. The molecule has 2 aliphatic heterocycles. The number of hydrogen-bond acceptors (Lipinski definition) is 3. The fourth-order valence-electron chi connectivity index (χ4n) is 4.26. The van der Waals surface area contributed by atoms with Gasteiger partial charge in [-0.3, -0.25) is 14.6 Å². The van der Waals surface area contributed by atoms with Gasteiger partial charge in [-0.1, -0.05) is 30.3 Å². The maximum Gasteiger partial charge on any atom is 0.241 e. The van der Waals surface area contributed by atoms with Crippen LogP contribution in [0.3, 0.4) is 0 Å². The van der Waals surface area contributed by atoms with Crippen LogP contribution < -0.4 is 4.90 Å². The molecule has 0 bridgehead atoms. The molecule has 0 spiro atoms. The molecule has 1 fully saturated rings. The molecule has 2 heterocycles. The van der Waals surface area contributed by atoms with E-state index in [1.807, 2.05) is 23.1 Å². The second-order valence-electron chi connectivity index (χ2n) is 7.81. The first kappa shape index (κ1) is 19.1. The molecule has 2 aromatic rings. The number of nitrogens with zero attached hydrogens (tertiary/aromatic N) is 3. The molecule has 0 radical (unpaired) electrons. The predicted molar refractivity (Wildman–Crippen MR) is 110 cm³/mol. The van der Waals surface area contributed by atoms with Gasteiger partial charge in [0, 0.05) is 31.9 Å². The monoisotopic (exact) mass is 381 g/mol. The highest BCUT2D eigenvalue weighted by molar-refractivity contribution is 5.95. The zero-order valence-corrected chi connectivity index (χ0v) is 16.3. The van der Waals surface area contributed by atoms with Gasteiger partial charge in [0.2, 0.25) is 5.91 Å². The van der Waals surface area contributed by atoms with E-state index in [4.69, 9.17) is 0 Å². The van der Waals surface area contributed by atoms with Crippen molar-refractivity contribution in [2.24, 2.45) is 0 Å². The van der Waals surface area contributed by atoms with Crippen LogP contribution in [-0.4, -0.2) is 55.0 Å². The van der Waals surface area contributed by atoms with Crippen LogP contribution in [0.1, 0.15) is 24.0 Å². The molecule has 4 rings (SSSR count). The summed E-state index contributed by atoms with van der Waals surface area (Å²) in [6.45, 7) is 5.92. The maximum atomic E-state index is 13.1. The smallest absolute Gasteiger partial charge is 0.241 e. The average Bonchev–Trinajstić information content (AvgIpc) is 2.94. The highest BCUT2D eigenvalue weighted by Crippen LogP contribution is 2.26. The number of benzene rings is 2. The summed E-state index contributed by atoms with van der Waals surface area (Å²) < 4.78 is 13.1. The van der Waals surface area contributed by atoms with Gasteiger partial charge < -0.3 is 4.90 Å². The molecule has 0 aliphatic carbocycles. The number of aryl methyl sites for hydroxylation is 1. The summed E-state index contributed by atoms with van der Waals surface area (Å²) >= 11 is 0. The van der Waals surface area contributed by atoms with Crippen LogP contribution in [0.5, 0.6) is 0 Å². The normalized spacial score (nSPS) is 18.5. The van der Waals surface area contributed by atoms with Gasteiger partial charge in [0.15, 0.2) is 0 Å². The first-order chi connectivity index (χ1) is 13.7. The van der Waals surface area contributed by atoms with Crippen molar-refractivity contribution in [3.05, 3.63) is 65.5 Å². The van der Waals surface area contributed by atoms with Crippen LogP contribution in [0, 0.1) is 5.82 Å². The number of rotatable bonds is 4. The van der Waals surface area contributed by atoms with E-state index in [9.17, 15) is 9.18 Å². The Morgan fingerprint density at radius 1 is 0.857 bits per heavy atom. The zero-order chi connectivity index (χ0) is 19.3. The predicted octanol–water partition coefficient (Wildman–Crippen LogP) is 3.31. The lowest BCUT2D eigenvalue weighted by molar-refractivity contribution is -0.119. The number of amides is 1. The minimum absolute atomic E-state index is 0.191. The highest BCUT2D eigenvalue weighted by atomic mass is 19.1. The number of hydrogen-bond donors (Lipinski definition) is 0. The van der Waals surface area contributed by atoms with E-state index in [0.717, 1.165) is 69.8 Å². The van der Waals surface area contributed by atoms with E-state index in [-0.39, 0.29) is 11.7 Å². The number of para-hydroxylation sites is 1. The van der Waals surface area contributed by atoms with Crippen molar-refractivity contribution in [1.29, 1.82) is 0 Å².